The molecule has 2 aromatic rings. The van der Waals surface area contributed by atoms with E-state index in [2.05, 4.69) is 22.4 Å². The molecule has 18 heavy (non-hydrogen) atoms. The van der Waals surface area contributed by atoms with E-state index in [9.17, 15) is 0 Å². The smallest absolute Gasteiger partial charge is 0.153 e. The number of furan rings is 1. The van der Waals surface area contributed by atoms with E-state index >= 15 is 0 Å². The number of aromatic nitrogens is 1. The molecule has 3 nitrogen and oxygen atoms in total. The minimum absolute atomic E-state index is 0.620. The summed E-state index contributed by atoms with van der Waals surface area (Å²) >= 11 is 0. The van der Waals surface area contributed by atoms with Crippen molar-refractivity contribution in [2.24, 2.45) is 5.92 Å². The molecule has 1 fully saturated rings. The van der Waals surface area contributed by atoms with E-state index in [1.807, 2.05) is 18.3 Å². The van der Waals surface area contributed by atoms with Crippen LogP contribution in [-0.2, 0) is 0 Å². The molecule has 2 aromatic heterocycles. The van der Waals surface area contributed by atoms with Gasteiger partial charge in [-0.2, -0.15) is 0 Å². The number of hydrogen-bond donors (Lipinski definition) is 1. The van der Waals surface area contributed by atoms with Gasteiger partial charge in [-0.25, -0.2) is 0 Å². The predicted octanol–water partition coefficient (Wildman–Crippen LogP) is 2.98. The van der Waals surface area contributed by atoms with Crippen molar-refractivity contribution in [1.29, 1.82) is 0 Å². The monoisotopic (exact) mass is 240 g/mol. The third-order valence-electron chi connectivity index (χ3n) is 4.10. The number of nitrogens with one attached hydrogen (secondary N) is 1. The second-order valence-electron chi connectivity index (χ2n) is 5.26. The molecule has 0 radical (unpaired) electrons. The average Bonchev–Trinajstić information content (AvgIpc) is 3.02. The minimum atomic E-state index is 0.620. The molecule has 0 amide bonds. The Balaban J connectivity index is 1.70. The Bertz CT molecular complexity index is 581. The molecule has 1 aliphatic heterocycles. The lowest BCUT2D eigenvalue weighted by atomic mass is 9.94. The Labute approximate surface area is 106 Å². The van der Waals surface area contributed by atoms with Crippen molar-refractivity contribution in [3.8, 4) is 0 Å². The van der Waals surface area contributed by atoms with Crippen LogP contribution in [0.3, 0.4) is 0 Å². The van der Waals surface area contributed by atoms with E-state index in [1.165, 1.54) is 18.4 Å². The van der Waals surface area contributed by atoms with Crippen LogP contribution >= 0.6 is 0 Å². The Morgan fingerprint density at radius 2 is 2.39 bits per heavy atom. The van der Waals surface area contributed by atoms with Crippen LogP contribution in [0.4, 0.5) is 0 Å². The summed E-state index contributed by atoms with van der Waals surface area (Å²) < 4.78 is 5.90. The van der Waals surface area contributed by atoms with Crippen molar-refractivity contribution >= 4 is 16.7 Å². The van der Waals surface area contributed by atoms with Gasteiger partial charge in [0.05, 0.1) is 0 Å². The van der Waals surface area contributed by atoms with E-state index in [4.69, 9.17) is 4.42 Å². The molecular formula is C15H16N2O. The number of rotatable bonds is 1. The zero-order chi connectivity index (χ0) is 11.9. The summed E-state index contributed by atoms with van der Waals surface area (Å²) in [6.45, 7) is 1.16. The van der Waals surface area contributed by atoms with Crippen LogP contribution in [0, 0.1) is 5.92 Å². The molecule has 1 aliphatic carbocycles. The normalized spacial score (nSPS) is 27.2. The number of piperidine rings is 1. The van der Waals surface area contributed by atoms with Gasteiger partial charge in [-0.05, 0) is 49.4 Å². The lowest BCUT2D eigenvalue weighted by molar-refractivity contribution is 0.348. The Hall–Kier alpha value is -1.61. The second-order valence-corrected chi connectivity index (χ2v) is 5.26. The van der Waals surface area contributed by atoms with Crippen molar-refractivity contribution in [2.45, 2.75) is 25.3 Å². The largest absolute Gasteiger partial charge is 0.455 e. The van der Waals surface area contributed by atoms with E-state index in [0.29, 0.717) is 12.0 Å². The van der Waals surface area contributed by atoms with Gasteiger partial charge in [-0.1, -0.05) is 6.08 Å². The lowest BCUT2D eigenvalue weighted by Gasteiger charge is -2.25. The van der Waals surface area contributed by atoms with Crippen molar-refractivity contribution < 1.29 is 4.42 Å². The van der Waals surface area contributed by atoms with Crippen LogP contribution in [-0.4, -0.2) is 17.6 Å². The zero-order valence-electron chi connectivity index (χ0n) is 10.2. The van der Waals surface area contributed by atoms with Gasteiger partial charge in [0.25, 0.3) is 0 Å². The zero-order valence-corrected chi connectivity index (χ0v) is 10.2. The summed E-state index contributed by atoms with van der Waals surface area (Å²) in [6, 6.07) is 6.58. The third-order valence-corrected chi connectivity index (χ3v) is 4.10. The average molecular weight is 240 g/mol. The van der Waals surface area contributed by atoms with Crippen LogP contribution in [0.2, 0.25) is 0 Å². The fraction of sp³-hybridized carbons (Fsp3) is 0.400. The number of fused-ring (bicyclic) bond motifs is 2. The number of pyridine rings is 1. The van der Waals surface area contributed by atoms with Crippen LogP contribution in [0.25, 0.3) is 16.7 Å². The Kier molecular flexibility index (Phi) is 2.27. The molecule has 1 N–H and O–H groups in total. The Morgan fingerprint density at radius 1 is 1.39 bits per heavy atom. The highest BCUT2D eigenvalue weighted by molar-refractivity contribution is 5.79. The van der Waals surface area contributed by atoms with Crippen molar-refractivity contribution in [3.63, 3.8) is 0 Å². The van der Waals surface area contributed by atoms with Gasteiger partial charge in [0.1, 0.15) is 11.3 Å². The number of nitrogens with zero attached hydrogens (tertiary/aromatic N) is 1. The van der Waals surface area contributed by atoms with Gasteiger partial charge in [0.15, 0.2) is 5.58 Å². The van der Waals surface area contributed by atoms with Gasteiger partial charge < -0.3 is 9.73 Å². The third kappa shape index (κ3) is 1.58. The molecule has 0 saturated carbocycles. The molecule has 0 spiro atoms. The first-order valence-corrected chi connectivity index (χ1v) is 6.69. The first kappa shape index (κ1) is 10.3. The van der Waals surface area contributed by atoms with Crippen molar-refractivity contribution in [1.82, 2.24) is 10.3 Å². The van der Waals surface area contributed by atoms with E-state index in [1.54, 1.807) is 0 Å². The molecule has 0 aromatic carbocycles. The highest BCUT2D eigenvalue weighted by atomic mass is 16.3. The Morgan fingerprint density at radius 3 is 3.28 bits per heavy atom. The fourth-order valence-corrected chi connectivity index (χ4v) is 3.17. The molecule has 2 aliphatic rings. The molecule has 0 bridgehead atoms. The maximum Gasteiger partial charge on any atom is 0.153 e. The van der Waals surface area contributed by atoms with Gasteiger partial charge in [0.2, 0.25) is 0 Å². The SMILES string of the molecule is C1=C(c2cc3ncccc3o2)CC2NCCCC12. The fourth-order valence-electron chi connectivity index (χ4n) is 3.17. The van der Waals surface area contributed by atoms with Gasteiger partial charge in [0, 0.05) is 18.3 Å². The van der Waals surface area contributed by atoms with Crippen molar-refractivity contribution in [3.05, 3.63) is 36.2 Å². The van der Waals surface area contributed by atoms with Gasteiger partial charge >= 0.3 is 0 Å². The van der Waals surface area contributed by atoms with Gasteiger partial charge in [-0.3, -0.25) is 4.98 Å². The first-order chi connectivity index (χ1) is 8.90. The molecule has 1 saturated heterocycles. The quantitative estimate of drug-likeness (QED) is 0.832. The van der Waals surface area contributed by atoms with E-state index < -0.39 is 0 Å². The van der Waals surface area contributed by atoms with Crippen LogP contribution in [0.5, 0.6) is 0 Å². The van der Waals surface area contributed by atoms with Crippen LogP contribution in [0.1, 0.15) is 25.0 Å². The summed E-state index contributed by atoms with van der Waals surface area (Å²) in [5, 5.41) is 3.61. The summed E-state index contributed by atoms with van der Waals surface area (Å²) in [4.78, 5) is 4.33. The van der Waals surface area contributed by atoms with Crippen LogP contribution < -0.4 is 5.32 Å². The molecule has 92 valence electrons. The minimum Gasteiger partial charge on any atom is -0.455 e. The molecule has 4 rings (SSSR count). The maximum atomic E-state index is 5.90. The maximum absolute atomic E-state index is 5.90. The van der Waals surface area contributed by atoms with Crippen LogP contribution in [0.15, 0.2) is 34.9 Å². The summed E-state index contributed by atoms with van der Waals surface area (Å²) in [6.07, 6.45) is 7.89. The predicted molar refractivity (Wildman–Crippen MR) is 71.1 cm³/mol. The highest BCUT2D eigenvalue weighted by Crippen LogP contribution is 2.37. The lowest BCUT2D eigenvalue weighted by Crippen LogP contribution is -2.37. The van der Waals surface area contributed by atoms with E-state index in [-0.39, 0.29) is 0 Å². The molecule has 3 heterocycles. The van der Waals surface area contributed by atoms with Crippen molar-refractivity contribution in [2.75, 3.05) is 6.54 Å². The number of hydrogen-bond acceptors (Lipinski definition) is 3. The molecule has 3 heteroatoms. The topological polar surface area (TPSA) is 38.1 Å². The van der Waals surface area contributed by atoms with E-state index in [0.717, 1.165) is 29.8 Å². The van der Waals surface area contributed by atoms with Gasteiger partial charge in [-0.15, -0.1) is 0 Å². The highest BCUT2D eigenvalue weighted by Gasteiger charge is 2.31. The summed E-state index contributed by atoms with van der Waals surface area (Å²) in [7, 11) is 0. The standard InChI is InChI=1S/C15H16N2O/c1-3-10-7-11(8-12(10)16-5-1)15-9-13-14(18-15)4-2-6-17-13/h2,4,6-7,9-10,12,16H,1,3,5,8H2. The molecular weight excluding hydrogens is 224 g/mol. The summed E-state index contributed by atoms with van der Waals surface area (Å²) in [5.74, 6) is 1.69. The second kappa shape index (κ2) is 3.95. The first-order valence-electron chi connectivity index (χ1n) is 6.69. The molecule has 2 atom stereocenters. The molecule has 2 unspecified atom stereocenters. The summed E-state index contributed by atoms with van der Waals surface area (Å²) in [5.41, 5.74) is 3.19.